The number of nitrogens with two attached hydrogens (primary N) is 1. The normalized spacial score (nSPS) is 16.0. The summed E-state index contributed by atoms with van der Waals surface area (Å²) in [6, 6.07) is 7.81. The lowest BCUT2D eigenvalue weighted by Crippen LogP contribution is -2.42. The number of nitrogens with zero attached hydrogens (tertiary/aromatic N) is 4. The number of hydrogen-bond acceptors (Lipinski definition) is 5. The first kappa shape index (κ1) is 22.2. The van der Waals surface area contributed by atoms with E-state index in [1.54, 1.807) is 4.68 Å². The lowest BCUT2D eigenvalue weighted by atomic mass is 9.91. The van der Waals surface area contributed by atoms with Gasteiger partial charge in [-0.3, -0.25) is 4.79 Å². The fourth-order valence-electron chi connectivity index (χ4n) is 3.49. The Hall–Kier alpha value is -2.12. The molecule has 0 aliphatic carbocycles. The molecule has 0 bridgehead atoms. The molecule has 1 unspecified atom stereocenters. The number of amides is 1. The van der Waals surface area contributed by atoms with Crippen LogP contribution in [0.15, 0.2) is 24.3 Å². The summed E-state index contributed by atoms with van der Waals surface area (Å²) in [6.45, 7) is 9.34. The first-order valence-corrected chi connectivity index (χ1v) is 9.61. The van der Waals surface area contributed by atoms with Crippen molar-refractivity contribution in [3.8, 4) is 11.4 Å². The average Bonchev–Trinajstić information content (AvgIpc) is 3.03. The van der Waals surface area contributed by atoms with Gasteiger partial charge >= 0.3 is 0 Å². The van der Waals surface area contributed by atoms with E-state index in [0.29, 0.717) is 11.6 Å². The van der Waals surface area contributed by atoms with Crippen LogP contribution in [0.5, 0.6) is 5.75 Å². The third kappa shape index (κ3) is 4.83. The van der Waals surface area contributed by atoms with Gasteiger partial charge in [-0.2, -0.15) is 0 Å². The Labute approximate surface area is 172 Å². The number of hydrogen-bond donors (Lipinski definition) is 1. The van der Waals surface area contributed by atoms with Gasteiger partial charge in [-0.25, -0.2) is 4.68 Å². The van der Waals surface area contributed by atoms with E-state index in [1.165, 1.54) is 0 Å². The summed E-state index contributed by atoms with van der Waals surface area (Å²) in [6.07, 6.45) is 2.00. The number of carbonyl (C=O) groups is 1. The van der Waals surface area contributed by atoms with Gasteiger partial charge in [0.05, 0.1) is 17.5 Å². The number of carbonyl (C=O) groups excluding carboxylic acids is 1. The lowest BCUT2D eigenvalue weighted by molar-refractivity contribution is 0.0674. The number of halogens is 1. The van der Waals surface area contributed by atoms with Crippen molar-refractivity contribution in [1.82, 2.24) is 19.9 Å². The Morgan fingerprint density at radius 1 is 1.18 bits per heavy atom. The smallest absolute Gasteiger partial charge is 0.276 e. The predicted molar refractivity (Wildman–Crippen MR) is 111 cm³/mol. The Morgan fingerprint density at radius 3 is 2.32 bits per heavy atom. The second-order valence-corrected chi connectivity index (χ2v) is 7.58. The molecule has 2 N–H and O–H groups in total. The molecule has 3 rings (SSSR count). The van der Waals surface area contributed by atoms with Crippen LogP contribution in [0.4, 0.5) is 0 Å². The number of ether oxygens (including phenoxy) is 1. The van der Waals surface area contributed by atoms with Crippen molar-refractivity contribution in [1.29, 1.82) is 0 Å². The van der Waals surface area contributed by atoms with Crippen LogP contribution in [0.1, 0.15) is 49.8 Å². The summed E-state index contributed by atoms with van der Waals surface area (Å²) >= 11 is 0. The Balaban J connectivity index is 0.00000280. The van der Waals surface area contributed by atoms with Gasteiger partial charge in [0.1, 0.15) is 5.75 Å². The summed E-state index contributed by atoms with van der Waals surface area (Å²) in [7, 11) is 0. The maximum absolute atomic E-state index is 12.9. The number of rotatable bonds is 5. The first-order valence-electron chi connectivity index (χ1n) is 9.61. The molecule has 154 valence electrons. The fraction of sp³-hybridized carbons (Fsp3) is 0.550. The number of piperidine rings is 1. The van der Waals surface area contributed by atoms with Gasteiger partial charge < -0.3 is 15.4 Å². The molecule has 1 aliphatic rings. The third-order valence-corrected chi connectivity index (χ3v) is 5.12. The highest BCUT2D eigenvalue weighted by Gasteiger charge is 2.28. The fourth-order valence-corrected chi connectivity index (χ4v) is 3.49. The molecular formula is C20H30ClN5O2. The van der Waals surface area contributed by atoms with Crippen molar-refractivity contribution >= 4 is 18.3 Å². The van der Waals surface area contributed by atoms with Crippen molar-refractivity contribution in [2.75, 3.05) is 13.1 Å². The van der Waals surface area contributed by atoms with Crippen molar-refractivity contribution < 1.29 is 9.53 Å². The zero-order valence-electron chi connectivity index (χ0n) is 17.0. The van der Waals surface area contributed by atoms with Gasteiger partial charge in [0.2, 0.25) is 0 Å². The summed E-state index contributed by atoms with van der Waals surface area (Å²) in [5.41, 5.74) is 8.00. The van der Waals surface area contributed by atoms with Crippen molar-refractivity contribution in [2.24, 2.45) is 11.7 Å². The van der Waals surface area contributed by atoms with Crippen LogP contribution < -0.4 is 10.5 Å². The van der Waals surface area contributed by atoms with Crippen LogP contribution in [0, 0.1) is 12.8 Å². The highest BCUT2D eigenvalue weighted by molar-refractivity contribution is 5.93. The Morgan fingerprint density at radius 2 is 1.79 bits per heavy atom. The van der Waals surface area contributed by atoms with Crippen molar-refractivity contribution in [3.05, 3.63) is 35.7 Å². The maximum atomic E-state index is 12.9. The zero-order valence-corrected chi connectivity index (χ0v) is 17.8. The molecule has 8 heteroatoms. The first-order chi connectivity index (χ1) is 12.9. The van der Waals surface area contributed by atoms with Crippen LogP contribution in [-0.2, 0) is 0 Å². The SMILES string of the molecule is Cc1c(C(=O)N2CCC(C(C)N)CC2)nnn1-c1ccc(OC(C)C)cc1.Cl. The largest absolute Gasteiger partial charge is 0.491 e. The second-order valence-electron chi connectivity index (χ2n) is 7.58. The van der Waals surface area contributed by atoms with Crippen LogP contribution >= 0.6 is 12.4 Å². The monoisotopic (exact) mass is 407 g/mol. The minimum atomic E-state index is -0.0540. The van der Waals surface area contributed by atoms with Gasteiger partial charge in [0, 0.05) is 19.1 Å². The van der Waals surface area contributed by atoms with Crippen molar-refractivity contribution in [2.45, 2.75) is 52.7 Å². The molecule has 2 aromatic rings. The van der Waals surface area contributed by atoms with E-state index in [4.69, 9.17) is 10.5 Å². The van der Waals surface area contributed by atoms with Gasteiger partial charge in [-0.1, -0.05) is 5.21 Å². The molecule has 1 amide bonds. The molecule has 1 aromatic carbocycles. The summed E-state index contributed by atoms with van der Waals surface area (Å²) in [4.78, 5) is 14.7. The molecule has 1 fully saturated rings. The Kier molecular flexibility index (Phi) is 7.43. The molecule has 1 aliphatic heterocycles. The summed E-state index contributed by atoms with van der Waals surface area (Å²) < 4.78 is 7.36. The maximum Gasteiger partial charge on any atom is 0.276 e. The molecule has 1 saturated heterocycles. The average molecular weight is 408 g/mol. The highest BCUT2D eigenvalue weighted by Crippen LogP contribution is 2.22. The minimum absolute atomic E-state index is 0. The van der Waals surface area contributed by atoms with E-state index in [-0.39, 0.29) is 30.5 Å². The van der Waals surface area contributed by atoms with E-state index in [1.807, 2.05) is 56.9 Å². The molecule has 1 atom stereocenters. The molecule has 0 saturated carbocycles. The van der Waals surface area contributed by atoms with Crippen LogP contribution in [0.2, 0.25) is 0 Å². The standard InChI is InChI=1S/C20H29N5O2.ClH/c1-13(2)27-18-7-5-17(6-8-18)25-15(4)19(22-23-25)20(26)24-11-9-16(10-12-24)14(3)21;/h5-8,13-14,16H,9-12,21H2,1-4H3;1H. The zero-order chi connectivity index (χ0) is 19.6. The summed E-state index contributed by atoms with van der Waals surface area (Å²) in [5.74, 6) is 1.24. The van der Waals surface area contributed by atoms with Gasteiger partial charge in [-0.05, 0) is 70.7 Å². The molecular weight excluding hydrogens is 378 g/mol. The minimum Gasteiger partial charge on any atom is -0.491 e. The Bertz CT molecular complexity index is 780. The third-order valence-electron chi connectivity index (χ3n) is 5.12. The van der Waals surface area contributed by atoms with E-state index >= 15 is 0 Å². The van der Waals surface area contributed by atoms with Crippen LogP contribution in [-0.4, -0.2) is 51.0 Å². The number of aromatic nitrogens is 3. The van der Waals surface area contributed by atoms with Gasteiger partial charge in [-0.15, -0.1) is 17.5 Å². The highest BCUT2D eigenvalue weighted by atomic mass is 35.5. The summed E-state index contributed by atoms with van der Waals surface area (Å²) in [5, 5.41) is 8.35. The molecule has 2 heterocycles. The molecule has 1 aromatic heterocycles. The van der Waals surface area contributed by atoms with E-state index in [0.717, 1.165) is 43.1 Å². The topological polar surface area (TPSA) is 86.3 Å². The van der Waals surface area contributed by atoms with Gasteiger partial charge in [0.25, 0.3) is 5.91 Å². The molecule has 28 heavy (non-hydrogen) atoms. The van der Waals surface area contributed by atoms with Crippen LogP contribution in [0.25, 0.3) is 5.69 Å². The number of benzene rings is 1. The van der Waals surface area contributed by atoms with Crippen molar-refractivity contribution in [3.63, 3.8) is 0 Å². The molecule has 0 spiro atoms. The predicted octanol–water partition coefficient (Wildman–Crippen LogP) is 2.98. The van der Waals surface area contributed by atoms with Gasteiger partial charge in [0.15, 0.2) is 5.69 Å². The second kappa shape index (κ2) is 9.39. The quantitative estimate of drug-likeness (QED) is 0.823. The van der Waals surface area contributed by atoms with E-state index in [9.17, 15) is 4.79 Å². The molecule has 7 nitrogen and oxygen atoms in total. The van der Waals surface area contributed by atoms with Crippen LogP contribution in [0.3, 0.4) is 0 Å². The number of likely N-dealkylation sites (tertiary alicyclic amines) is 1. The van der Waals surface area contributed by atoms with E-state index in [2.05, 4.69) is 10.3 Å². The van der Waals surface area contributed by atoms with E-state index < -0.39 is 0 Å². The molecule has 0 radical (unpaired) electrons. The lowest BCUT2D eigenvalue weighted by Gasteiger charge is -2.33.